The van der Waals surface area contributed by atoms with Crippen LogP contribution < -0.4 is 10.6 Å². The Morgan fingerprint density at radius 1 is 1.11 bits per heavy atom. The summed E-state index contributed by atoms with van der Waals surface area (Å²) in [7, 11) is 0. The first-order chi connectivity index (χ1) is 13.8. The predicted octanol–water partition coefficient (Wildman–Crippen LogP) is 3.54. The van der Waals surface area contributed by atoms with Gasteiger partial charge in [0.2, 0.25) is 0 Å². The number of hydrogen-bond acceptors (Lipinski definition) is 3. The van der Waals surface area contributed by atoms with Crippen LogP contribution in [0.3, 0.4) is 0 Å². The summed E-state index contributed by atoms with van der Waals surface area (Å²) >= 11 is 0. The van der Waals surface area contributed by atoms with Gasteiger partial charge < -0.3 is 15.4 Å². The first-order valence-corrected chi connectivity index (χ1v) is 11.2. The molecule has 1 aromatic rings. The van der Waals surface area contributed by atoms with E-state index in [-0.39, 0.29) is 0 Å². The van der Waals surface area contributed by atoms with E-state index in [0.29, 0.717) is 0 Å². The number of guanidine groups is 1. The van der Waals surface area contributed by atoms with Crippen molar-refractivity contribution in [3.63, 3.8) is 0 Å². The van der Waals surface area contributed by atoms with Gasteiger partial charge in [-0.1, -0.05) is 30.7 Å². The van der Waals surface area contributed by atoms with Crippen molar-refractivity contribution in [1.82, 2.24) is 15.5 Å². The molecular formula is C23H38N4O. The van der Waals surface area contributed by atoms with Gasteiger partial charge in [-0.15, -0.1) is 0 Å². The monoisotopic (exact) mass is 386 g/mol. The van der Waals surface area contributed by atoms with Gasteiger partial charge >= 0.3 is 0 Å². The van der Waals surface area contributed by atoms with E-state index in [1.165, 1.54) is 56.3 Å². The fraction of sp³-hybridized carbons (Fsp3) is 0.696. The molecule has 0 amide bonds. The molecule has 2 N–H and O–H groups in total. The molecule has 5 nitrogen and oxygen atoms in total. The molecule has 2 fully saturated rings. The second-order valence-electron chi connectivity index (χ2n) is 8.10. The molecule has 2 aliphatic rings. The molecule has 1 saturated heterocycles. The van der Waals surface area contributed by atoms with E-state index < -0.39 is 0 Å². The Kier molecular flexibility index (Phi) is 9.11. The van der Waals surface area contributed by atoms with E-state index in [0.717, 1.165) is 57.7 Å². The molecule has 0 spiro atoms. The Labute approximate surface area is 170 Å². The molecule has 0 atom stereocenters. The summed E-state index contributed by atoms with van der Waals surface area (Å²) in [6.45, 7) is 9.88. The Hall–Kier alpha value is -1.59. The smallest absolute Gasteiger partial charge is 0.191 e. The lowest BCUT2D eigenvalue weighted by molar-refractivity contribution is 0.123. The van der Waals surface area contributed by atoms with E-state index in [2.05, 4.69) is 46.7 Å². The maximum absolute atomic E-state index is 5.71. The summed E-state index contributed by atoms with van der Waals surface area (Å²) < 4.78 is 5.71. The molecule has 0 radical (unpaired) electrons. The molecule has 5 heteroatoms. The molecule has 0 aromatic heterocycles. The van der Waals surface area contributed by atoms with Crippen LogP contribution in [0.4, 0.5) is 0 Å². The van der Waals surface area contributed by atoms with E-state index in [9.17, 15) is 0 Å². The molecule has 3 rings (SSSR count). The summed E-state index contributed by atoms with van der Waals surface area (Å²) in [6, 6.07) is 8.76. The lowest BCUT2D eigenvalue weighted by atomic mass is 10.1. The number of nitrogens with zero attached hydrogens (tertiary/aromatic N) is 2. The standard InChI is InChI=1S/C23H38N4O/c1-2-24-23(25-13-8-16-28-19-20-11-12-20)26-17-21-9-4-5-10-22(21)18-27-14-6-3-7-15-27/h4-5,9-10,20H,2-3,6-8,11-19H2,1H3,(H2,24,25,26). The van der Waals surface area contributed by atoms with E-state index in [1.54, 1.807) is 0 Å². The van der Waals surface area contributed by atoms with Crippen LogP contribution in [0.25, 0.3) is 0 Å². The number of rotatable bonds is 11. The van der Waals surface area contributed by atoms with Crippen molar-refractivity contribution >= 4 is 5.96 Å². The van der Waals surface area contributed by atoms with Crippen LogP contribution in [0.5, 0.6) is 0 Å². The molecule has 1 heterocycles. The van der Waals surface area contributed by atoms with E-state index in [4.69, 9.17) is 9.73 Å². The van der Waals surface area contributed by atoms with Crippen molar-refractivity contribution in [2.75, 3.05) is 39.4 Å². The Bertz CT molecular complexity index is 594. The molecule has 1 aliphatic heterocycles. The van der Waals surface area contributed by atoms with Crippen molar-refractivity contribution < 1.29 is 4.74 Å². The maximum Gasteiger partial charge on any atom is 0.191 e. The number of hydrogen-bond donors (Lipinski definition) is 2. The van der Waals surface area contributed by atoms with Gasteiger partial charge in [0, 0.05) is 32.8 Å². The predicted molar refractivity (Wildman–Crippen MR) is 117 cm³/mol. The first kappa shape index (κ1) is 21.1. The van der Waals surface area contributed by atoms with Gasteiger partial charge in [-0.3, -0.25) is 4.90 Å². The van der Waals surface area contributed by atoms with Crippen LogP contribution in [-0.2, 0) is 17.8 Å². The molecule has 0 bridgehead atoms. The number of nitrogens with one attached hydrogen (secondary N) is 2. The quantitative estimate of drug-likeness (QED) is 0.347. The highest BCUT2D eigenvalue weighted by atomic mass is 16.5. The van der Waals surface area contributed by atoms with Crippen LogP contribution >= 0.6 is 0 Å². The van der Waals surface area contributed by atoms with Crippen LogP contribution in [0.15, 0.2) is 29.3 Å². The van der Waals surface area contributed by atoms with Gasteiger partial charge in [0.1, 0.15) is 0 Å². The summed E-state index contributed by atoms with van der Waals surface area (Å²) in [4.78, 5) is 7.41. The number of benzene rings is 1. The molecule has 1 saturated carbocycles. The zero-order valence-electron chi connectivity index (χ0n) is 17.6. The van der Waals surface area contributed by atoms with Crippen molar-refractivity contribution in [3.05, 3.63) is 35.4 Å². The largest absolute Gasteiger partial charge is 0.381 e. The summed E-state index contributed by atoms with van der Waals surface area (Å²) in [6.07, 6.45) is 7.77. The Balaban J connectivity index is 1.45. The van der Waals surface area contributed by atoms with E-state index in [1.807, 2.05) is 0 Å². The third-order valence-corrected chi connectivity index (χ3v) is 5.52. The van der Waals surface area contributed by atoms with Crippen LogP contribution in [-0.4, -0.2) is 50.3 Å². The molecular weight excluding hydrogens is 348 g/mol. The highest BCUT2D eigenvalue weighted by Gasteiger charge is 2.20. The second-order valence-corrected chi connectivity index (χ2v) is 8.10. The normalized spacial score (nSPS) is 18.2. The molecule has 1 aromatic carbocycles. The highest BCUT2D eigenvalue weighted by Crippen LogP contribution is 2.28. The molecule has 0 unspecified atom stereocenters. The number of ether oxygens (including phenoxy) is 1. The van der Waals surface area contributed by atoms with Crippen molar-refractivity contribution in [3.8, 4) is 0 Å². The summed E-state index contributed by atoms with van der Waals surface area (Å²) in [5.41, 5.74) is 2.75. The third-order valence-electron chi connectivity index (χ3n) is 5.52. The van der Waals surface area contributed by atoms with Gasteiger partial charge in [-0.2, -0.15) is 0 Å². The minimum Gasteiger partial charge on any atom is -0.381 e. The second kappa shape index (κ2) is 12.1. The number of piperidine rings is 1. The lowest BCUT2D eigenvalue weighted by Gasteiger charge is -2.27. The topological polar surface area (TPSA) is 48.9 Å². The third kappa shape index (κ3) is 7.80. The minimum absolute atomic E-state index is 0.720. The molecule has 156 valence electrons. The van der Waals surface area contributed by atoms with Gasteiger partial charge in [0.05, 0.1) is 6.54 Å². The first-order valence-electron chi connectivity index (χ1n) is 11.2. The van der Waals surface area contributed by atoms with Gasteiger partial charge in [0.25, 0.3) is 0 Å². The lowest BCUT2D eigenvalue weighted by Crippen LogP contribution is -2.38. The van der Waals surface area contributed by atoms with Crippen LogP contribution in [0, 0.1) is 5.92 Å². The SMILES string of the molecule is CCNC(=NCc1ccccc1CN1CCCCC1)NCCCOCC1CC1. The Morgan fingerprint density at radius 2 is 1.89 bits per heavy atom. The molecule has 1 aliphatic carbocycles. The van der Waals surface area contributed by atoms with Crippen molar-refractivity contribution in [2.45, 2.75) is 58.5 Å². The van der Waals surface area contributed by atoms with Gasteiger partial charge in [0.15, 0.2) is 5.96 Å². The maximum atomic E-state index is 5.71. The van der Waals surface area contributed by atoms with Crippen molar-refractivity contribution in [1.29, 1.82) is 0 Å². The number of likely N-dealkylation sites (tertiary alicyclic amines) is 1. The highest BCUT2D eigenvalue weighted by molar-refractivity contribution is 5.79. The zero-order valence-corrected chi connectivity index (χ0v) is 17.6. The van der Waals surface area contributed by atoms with E-state index >= 15 is 0 Å². The average Bonchev–Trinajstić information content (AvgIpc) is 3.55. The molecule has 28 heavy (non-hydrogen) atoms. The van der Waals surface area contributed by atoms with Crippen molar-refractivity contribution in [2.24, 2.45) is 10.9 Å². The van der Waals surface area contributed by atoms with Crippen LogP contribution in [0.2, 0.25) is 0 Å². The minimum atomic E-state index is 0.720. The number of aliphatic imine (C=N–C) groups is 1. The summed E-state index contributed by atoms with van der Waals surface area (Å²) in [5, 5.41) is 6.80. The van der Waals surface area contributed by atoms with Gasteiger partial charge in [-0.25, -0.2) is 4.99 Å². The summed E-state index contributed by atoms with van der Waals surface area (Å²) in [5.74, 6) is 1.74. The Morgan fingerprint density at radius 3 is 2.64 bits per heavy atom. The zero-order chi connectivity index (χ0) is 19.4. The fourth-order valence-corrected chi connectivity index (χ4v) is 3.65. The van der Waals surface area contributed by atoms with Gasteiger partial charge in [-0.05, 0) is 69.2 Å². The average molecular weight is 387 g/mol. The van der Waals surface area contributed by atoms with Crippen LogP contribution in [0.1, 0.15) is 56.6 Å². The fourth-order valence-electron chi connectivity index (χ4n) is 3.65.